The molecule has 3 rings (SSSR count). The average molecular weight is 259 g/mol. The Morgan fingerprint density at radius 1 is 1.37 bits per heavy atom. The molecule has 0 aliphatic heterocycles. The maximum Gasteiger partial charge on any atom is 0.123 e. The molecule has 2 nitrogen and oxygen atoms in total. The third-order valence-electron chi connectivity index (χ3n) is 4.95. The first-order chi connectivity index (χ1) is 9.14. The van der Waals surface area contributed by atoms with Crippen LogP contribution in [0, 0.1) is 18.3 Å². The molecule has 2 aliphatic rings. The maximum atomic E-state index is 5.51. The van der Waals surface area contributed by atoms with Gasteiger partial charge in [0, 0.05) is 18.2 Å². The summed E-state index contributed by atoms with van der Waals surface area (Å²) in [6, 6.07) is 6.86. The highest BCUT2D eigenvalue weighted by molar-refractivity contribution is 5.39. The molecule has 0 bridgehead atoms. The van der Waals surface area contributed by atoms with Crippen molar-refractivity contribution in [3.05, 3.63) is 29.3 Å². The fourth-order valence-corrected chi connectivity index (χ4v) is 3.23. The Morgan fingerprint density at radius 2 is 2.11 bits per heavy atom. The fourth-order valence-electron chi connectivity index (χ4n) is 3.23. The van der Waals surface area contributed by atoms with E-state index in [0.717, 1.165) is 11.7 Å². The Bertz CT molecular complexity index is 460. The van der Waals surface area contributed by atoms with Gasteiger partial charge in [0.25, 0.3) is 0 Å². The number of ether oxygens (including phenoxy) is 1. The molecule has 0 radical (unpaired) electrons. The number of benzene rings is 1. The van der Waals surface area contributed by atoms with E-state index in [1.807, 2.05) is 0 Å². The van der Waals surface area contributed by atoms with Crippen molar-refractivity contribution in [2.75, 3.05) is 13.7 Å². The fraction of sp³-hybridized carbons (Fsp3) is 0.647. The summed E-state index contributed by atoms with van der Waals surface area (Å²) in [5, 5.41) is 3.74. The van der Waals surface area contributed by atoms with Crippen LogP contribution in [0.3, 0.4) is 0 Å². The molecule has 2 aliphatic carbocycles. The maximum absolute atomic E-state index is 5.51. The molecule has 0 saturated heterocycles. The second kappa shape index (κ2) is 4.82. The van der Waals surface area contributed by atoms with Gasteiger partial charge in [-0.2, -0.15) is 0 Å². The summed E-state index contributed by atoms with van der Waals surface area (Å²) in [6.45, 7) is 5.53. The minimum Gasteiger partial charge on any atom is -0.496 e. The molecule has 0 amide bonds. The van der Waals surface area contributed by atoms with E-state index in [0.29, 0.717) is 11.5 Å². The first kappa shape index (κ1) is 13.0. The van der Waals surface area contributed by atoms with Crippen molar-refractivity contribution in [1.29, 1.82) is 0 Å². The second-order valence-electron chi connectivity index (χ2n) is 6.48. The SMILES string of the molecule is COc1cc(C)ccc1C(C)NCC1(C2CC2)CC1. The Balaban J connectivity index is 1.65. The lowest BCUT2D eigenvalue weighted by atomic mass is 9.99. The van der Waals surface area contributed by atoms with Crippen LogP contribution in [-0.2, 0) is 0 Å². The van der Waals surface area contributed by atoms with Gasteiger partial charge in [-0.05, 0) is 62.5 Å². The van der Waals surface area contributed by atoms with Crippen LogP contribution in [-0.4, -0.2) is 13.7 Å². The molecular weight excluding hydrogens is 234 g/mol. The van der Waals surface area contributed by atoms with Crippen molar-refractivity contribution in [3.8, 4) is 5.75 Å². The van der Waals surface area contributed by atoms with Gasteiger partial charge in [0.2, 0.25) is 0 Å². The molecule has 1 atom stereocenters. The molecule has 19 heavy (non-hydrogen) atoms. The van der Waals surface area contributed by atoms with Crippen molar-refractivity contribution in [2.24, 2.45) is 11.3 Å². The van der Waals surface area contributed by atoms with Crippen molar-refractivity contribution in [2.45, 2.75) is 45.6 Å². The number of methoxy groups -OCH3 is 1. The molecular formula is C17H25NO. The van der Waals surface area contributed by atoms with Crippen LogP contribution in [0.1, 0.15) is 49.8 Å². The zero-order chi connectivity index (χ0) is 13.5. The van der Waals surface area contributed by atoms with Gasteiger partial charge in [-0.3, -0.25) is 0 Å². The van der Waals surface area contributed by atoms with E-state index in [9.17, 15) is 0 Å². The van der Waals surface area contributed by atoms with Gasteiger partial charge in [0.1, 0.15) is 5.75 Å². The normalized spacial score (nSPS) is 22.1. The first-order valence-electron chi connectivity index (χ1n) is 7.52. The van der Waals surface area contributed by atoms with Crippen LogP contribution in [0.2, 0.25) is 0 Å². The monoisotopic (exact) mass is 259 g/mol. The quantitative estimate of drug-likeness (QED) is 0.838. The van der Waals surface area contributed by atoms with Gasteiger partial charge >= 0.3 is 0 Å². The van der Waals surface area contributed by atoms with Gasteiger partial charge in [-0.1, -0.05) is 12.1 Å². The second-order valence-corrected chi connectivity index (χ2v) is 6.48. The highest BCUT2D eigenvalue weighted by Gasteiger charge is 2.53. The summed E-state index contributed by atoms with van der Waals surface area (Å²) in [5.74, 6) is 2.03. The van der Waals surface area contributed by atoms with E-state index in [-0.39, 0.29) is 0 Å². The number of hydrogen-bond donors (Lipinski definition) is 1. The molecule has 0 spiro atoms. The zero-order valence-corrected chi connectivity index (χ0v) is 12.3. The molecule has 1 aromatic rings. The van der Waals surface area contributed by atoms with Crippen molar-refractivity contribution >= 4 is 0 Å². The summed E-state index contributed by atoms with van der Waals surface area (Å²) < 4.78 is 5.51. The largest absolute Gasteiger partial charge is 0.496 e. The van der Waals surface area contributed by atoms with Crippen LogP contribution in [0.25, 0.3) is 0 Å². The van der Waals surface area contributed by atoms with Crippen LogP contribution >= 0.6 is 0 Å². The first-order valence-corrected chi connectivity index (χ1v) is 7.52. The van der Waals surface area contributed by atoms with Gasteiger partial charge in [-0.15, -0.1) is 0 Å². The lowest BCUT2D eigenvalue weighted by Gasteiger charge is -2.22. The van der Waals surface area contributed by atoms with Crippen LogP contribution in [0.15, 0.2) is 18.2 Å². The van der Waals surface area contributed by atoms with E-state index in [1.54, 1.807) is 7.11 Å². The van der Waals surface area contributed by atoms with Gasteiger partial charge in [0.15, 0.2) is 0 Å². The Labute approximate surface area is 116 Å². The molecule has 2 saturated carbocycles. The van der Waals surface area contributed by atoms with Gasteiger partial charge in [0.05, 0.1) is 7.11 Å². The van der Waals surface area contributed by atoms with Crippen molar-refractivity contribution < 1.29 is 4.74 Å². The summed E-state index contributed by atoms with van der Waals surface area (Å²) in [7, 11) is 1.76. The van der Waals surface area contributed by atoms with Crippen LogP contribution < -0.4 is 10.1 Å². The summed E-state index contributed by atoms with van der Waals surface area (Å²) >= 11 is 0. The highest BCUT2D eigenvalue weighted by atomic mass is 16.5. The van der Waals surface area contributed by atoms with Crippen LogP contribution in [0.5, 0.6) is 5.75 Å². The number of hydrogen-bond acceptors (Lipinski definition) is 2. The van der Waals surface area contributed by atoms with E-state index < -0.39 is 0 Å². The molecule has 1 aromatic carbocycles. The van der Waals surface area contributed by atoms with Gasteiger partial charge in [-0.25, -0.2) is 0 Å². The van der Waals surface area contributed by atoms with E-state index in [1.165, 1.54) is 43.4 Å². The number of nitrogens with one attached hydrogen (secondary N) is 1. The molecule has 2 fully saturated rings. The lowest BCUT2D eigenvalue weighted by molar-refractivity contribution is 0.369. The minimum atomic E-state index is 0.367. The number of rotatable bonds is 6. The third kappa shape index (κ3) is 2.64. The van der Waals surface area contributed by atoms with E-state index in [2.05, 4.69) is 37.4 Å². The average Bonchev–Trinajstić information content (AvgIpc) is 3.28. The Kier molecular flexibility index (Phi) is 3.30. The Morgan fingerprint density at radius 3 is 2.68 bits per heavy atom. The van der Waals surface area contributed by atoms with E-state index in [4.69, 9.17) is 4.74 Å². The molecule has 0 heterocycles. The summed E-state index contributed by atoms with van der Waals surface area (Å²) in [6.07, 6.45) is 5.79. The van der Waals surface area contributed by atoms with Crippen LogP contribution in [0.4, 0.5) is 0 Å². The highest BCUT2D eigenvalue weighted by Crippen LogP contribution is 2.61. The summed E-state index contributed by atoms with van der Waals surface area (Å²) in [5.41, 5.74) is 3.19. The molecule has 0 aromatic heterocycles. The molecule has 104 valence electrons. The lowest BCUT2D eigenvalue weighted by Crippen LogP contribution is -2.28. The van der Waals surface area contributed by atoms with E-state index >= 15 is 0 Å². The zero-order valence-electron chi connectivity index (χ0n) is 12.3. The predicted octanol–water partition coefficient (Wildman–Crippen LogP) is 3.84. The smallest absolute Gasteiger partial charge is 0.123 e. The standard InChI is InChI=1S/C17H25NO/c1-12-4-7-15(16(10-12)19-3)13(2)18-11-17(8-9-17)14-5-6-14/h4,7,10,13-14,18H,5-6,8-9,11H2,1-3H3. The minimum absolute atomic E-state index is 0.367. The molecule has 1 unspecified atom stereocenters. The third-order valence-corrected chi connectivity index (χ3v) is 4.95. The predicted molar refractivity (Wildman–Crippen MR) is 78.5 cm³/mol. The summed E-state index contributed by atoms with van der Waals surface area (Å²) in [4.78, 5) is 0. The number of aryl methyl sites for hydroxylation is 1. The van der Waals surface area contributed by atoms with Gasteiger partial charge < -0.3 is 10.1 Å². The topological polar surface area (TPSA) is 21.3 Å². The molecule has 2 heteroatoms. The molecule has 1 N–H and O–H groups in total. The van der Waals surface area contributed by atoms with Crippen molar-refractivity contribution in [3.63, 3.8) is 0 Å². The Hall–Kier alpha value is -1.02. The van der Waals surface area contributed by atoms with Crippen molar-refractivity contribution in [1.82, 2.24) is 5.32 Å².